The van der Waals surface area contributed by atoms with Crippen LogP contribution in [0.5, 0.6) is 0 Å². The van der Waals surface area contributed by atoms with Crippen molar-refractivity contribution in [2.45, 2.75) is 250 Å². The third-order valence-corrected chi connectivity index (χ3v) is 30.6. The van der Waals surface area contributed by atoms with Crippen molar-refractivity contribution in [3.05, 3.63) is 268 Å². The second kappa shape index (κ2) is 27.7. The molecule has 584 valence electrons. The first-order valence-electron chi connectivity index (χ1n) is 45.1. The van der Waals surface area contributed by atoms with Crippen molar-refractivity contribution in [3.8, 4) is 66.8 Å². The molecule has 4 heteroatoms. The lowest BCUT2D eigenvalue weighted by Crippen LogP contribution is -2.32. The number of para-hydroxylation sites is 3. The molecule has 6 aliphatic carbocycles. The second-order valence-electron chi connectivity index (χ2n) is 38.1. The van der Waals surface area contributed by atoms with Crippen LogP contribution in [0.3, 0.4) is 0 Å². The van der Waals surface area contributed by atoms with E-state index >= 15 is 0 Å². The van der Waals surface area contributed by atoms with E-state index in [2.05, 4.69) is 286 Å². The van der Waals surface area contributed by atoms with Gasteiger partial charge in [-0.05, 0) is 247 Å². The van der Waals surface area contributed by atoms with E-state index in [-0.39, 0.29) is 32.5 Å². The highest BCUT2D eigenvalue weighted by molar-refractivity contribution is 6.22. The van der Waals surface area contributed by atoms with Crippen molar-refractivity contribution in [2.24, 2.45) is 5.41 Å². The van der Waals surface area contributed by atoms with E-state index in [9.17, 15) is 0 Å². The molecule has 0 aliphatic heterocycles. The molecule has 0 saturated heterocycles. The van der Waals surface area contributed by atoms with Gasteiger partial charge in [0.1, 0.15) is 33.5 Å². The third kappa shape index (κ3) is 10.7. The van der Waals surface area contributed by atoms with Gasteiger partial charge in [0.2, 0.25) is 0 Å². The number of nitrogens with zero attached hydrogens (tertiary/aromatic N) is 1. The predicted octanol–water partition coefficient (Wildman–Crippen LogP) is 33.4. The van der Waals surface area contributed by atoms with Gasteiger partial charge in [0.25, 0.3) is 0 Å². The van der Waals surface area contributed by atoms with E-state index < -0.39 is 0 Å². The Bertz CT molecular complexity index is 6460. The Kier molecular flexibility index (Phi) is 17.6. The lowest BCUT2D eigenvalue weighted by Gasteiger charge is -2.40. The van der Waals surface area contributed by atoms with Gasteiger partial charge in [-0.15, -0.1) is 0 Å². The molecule has 6 aliphatic rings. The second-order valence-corrected chi connectivity index (χ2v) is 38.1. The maximum absolute atomic E-state index is 7.77. The van der Waals surface area contributed by atoms with Crippen LogP contribution in [0.25, 0.3) is 133 Å². The molecule has 2 unspecified atom stereocenters. The molecular formula is C112H113NO3. The first-order chi connectivity index (χ1) is 56.6. The lowest BCUT2D eigenvalue weighted by atomic mass is 9.64. The van der Waals surface area contributed by atoms with Crippen LogP contribution in [-0.2, 0) is 27.1 Å². The maximum Gasteiger partial charge on any atom is 0.144 e. The molecule has 15 aromatic rings. The topological polar surface area (TPSA) is 42.7 Å². The average molecular weight is 1520 g/mol. The van der Waals surface area contributed by atoms with E-state index in [0.717, 1.165) is 57.3 Å². The fourth-order valence-corrected chi connectivity index (χ4v) is 24.6. The lowest BCUT2D eigenvalue weighted by molar-refractivity contribution is 0.154. The highest BCUT2D eigenvalue weighted by Crippen LogP contribution is 2.70. The highest BCUT2D eigenvalue weighted by atomic mass is 16.3. The molecule has 4 nitrogen and oxygen atoms in total. The quantitative estimate of drug-likeness (QED) is 0.0566. The molecule has 0 amide bonds. The number of hydrogen-bond donors (Lipinski definition) is 0. The largest absolute Gasteiger partial charge is 0.456 e. The molecule has 12 aromatic carbocycles. The zero-order chi connectivity index (χ0) is 78.8. The summed E-state index contributed by atoms with van der Waals surface area (Å²) in [6.07, 6.45) is 29.9. The van der Waals surface area contributed by atoms with Crippen LogP contribution < -0.4 is 4.90 Å². The molecule has 3 aromatic heterocycles. The third-order valence-electron chi connectivity index (χ3n) is 30.6. The minimum Gasteiger partial charge on any atom is -0.456 e. The first-order valence-corrected chi connectivity index (χ1v) is 45.1. The fraction of sp³-hybridized carbons (Fsp3) is 0.357. The van der Waals surface area contributed by atoms with Crippen LogP contribution in [0.1, 0.15) is 279 Å². The zero-order valence-corrected chi connectivity index (χ0v) is 70.3. The van der Waals surface area contributed by atoms with Crippen LogP contribution in [0.15, 0.2) is 226 Å². The molecule has 0 bridgehead atoms. The van der Waals surface area contributed by atoms with E-state index in [4.69, 9.17) is 13.3 Å². The van der Waals surface area contributed by atoms with Gasteiger partial charge in [-0.2, -0.15) is 0 Å². The minimum atomic E-state index is -0.386. The Balaban J connectivity index is 0.818. The maximum atomic E-state index is 7.77. The summed E-state index contributed by atoms with van der Waals surface area (Å²) in [6.45, 7) is 24.5. The number of hydrogen-bond acceptors (Lipinski definition) is 4. The molecule has 0 radical (unpaired) electrons. The number of benzene rings is 12. The smallest absolute Gasteiger partial charge is 0.144 e. The number of anilines is 3. The molecule has 2 atom stereocenters. The van der Waals surface area contributed by atoms with Crippen molar-refractivity contribution in [1.82, 2.24) is 0 Å². The van der Waals surface area contributed by atoms with Gasteiger partial charge >= 0.3 is 0 Å². The summed E-state index contributed by atoms with van der Waals surface area (Å²) in [5.41, 5.74) is 38.7. The Morgan fingerprint density at radius 2 is 0.707 bits per heavy atom. The van der Waals surface area contributed by atoms with Crippen molar-refractivity contribution in [3.63, 3.8) is 0 Å². The summed E-state index contributed by atoms with van der Waals surface area (Å²) in [5, 5.41) is 7.37. The summed E-state index contributed by atoms with van der Waals surface area (Å²) in [6, 6.07) is 83.0. The van der Waals surface area contributed by atoms with E-state index in [1.54, 1.807) is 16.7 Å². The Morgan fingerprint density at radius 1 is 0.276 bits per heavy atom. The number of fused-ring (bicyclic) bond motifs is 28. The summed E-state index contributed by atoms with van der Waals surface area (Å²) in [4.78, 5) is 2.72. The summed E-state index contributed by atoms with van der Waals surface area (Å²) in [7, 11) is 0. The summed E-state index contributed by atoms with van der Waals surface area (Å²) in [5.74, 6) is 0. The van der Waals surface area contributed by atoms with Crippen LogP contribution >= 0.6 is 0 Å². The van der Waals surface area contributed by atoms with Crippen LogP contribution in [0.2, 0.25) is 0 Å². The first kappa shape index (κ1) is 73.5. The Labute approximate surface area is 687 Å². The van der Waals surface area contributed by atoms with Crippen molar-refractivity contribution in [1.29, 1.82) is 0 Å². The molecule has 0 spiro atoms. The van der Waals surface area contributed by atoms with Crippen molar-refractivity contribution < 1.29 is 13.3 Å². The van der Waals surface area contributed by atoms with Crippen LogP contribution in [-0.4, -0.2) is 0 Å². The van der Waals surface area contributed by atoms with Gasteiger partial charge < -0.3 is 18.2 Å². The SMILES string of the molecule is CCCCCCCC12CCC(CCCCC)(CCCCC)CCC3(CCCCCCC)c4ccccc4-c4c3c1c(c1oc3ccccc3c41)-c1ccc(N(c3ccc4c(c3)C(C)(C)c3cc5c(cc3-4)C(C)(C)c3ccc4oc6ccccc6c4c3-5)c3ccc4c(c3)C(C)(C)c3cc(-c5ccccc5)c5oc6ccccc6c5c3-4)cc12. The van der Waals surface area contributed by atoms with E-state index in [1.807, 2.05) is 0 Å². The highest BCUT2D eigenvalue weighted by Gasteiger charge is 2.57. The summed E-state index contributed by atoms with van der Waals surface area (Å²) >= 11 is 0. The fourth-order valence-electron chi connectivity index (χ4n) is 24.6. The minimum absolute atomic E-state index is 0.177. The number of rotatable bonds is 24. The van der Waals surface area contributed by atoms with Gasteiger partial charge in [0, 0.05) is 87.6 Å². The predicted molar refractivity (Wildman–Crippen MR) is 489 cm³/mol. The van der Waals surface area contributed by atoms with Crippen LogP contribution in [0, 0.1) is 5.41 Å². The average Bonchev–Trinajstić information content (AvgIpc) is 1.51. The van der Waals surface area contributed by atoms with Gasteiger partial charge in [-0.3, -0.25) is 0 Å². The monoisotopic (exact) mass is 1520 g/mol. The normalized spacial score (nSPS) is 18.3. The molecule has 0 N–H and O–H groups in total. The van der Waals surface area contributed by atoms with Crippen molar-refractivity contribution in [2.75, 3.05) is 4.90 Å². The van der Waals surface area contributed by atoms with Gasteiger partial charge in [0.05, 0.1) is 0 Å². The van der Waals surface area contributed by atoms with Gasteiger partial charge in [0.15, 0.2) is 0 Å². The van der Waals surface area contributed by atoms with Crippen LogP contribution in [0.4, 0.5) is 17.1 Å². The molecule has 3 heterocycles. The molecule has 116 heavy (non-hydrogen) atoms. The van der Waals surface area contributed by atoms with E-state index in [1.165, 1.54) is 285 Å². The van der Waals surface area contributed by atoms with Gasteiger partial charge in [-0.1, -0.05) is 305 Å². The number of furan rings is 3. The standard InChI is InChI=1S/C112H113NO3/c1-11-15-19-21-36-58-111-62-60-110(56-34-17-13-3,57-35-18-14-4)61-63-112(59-37-22-20-16-12-2)90-66-73(50-53-77(90)102-104(112)103(111)99(75-40-26-30-44-84(75)111)101-80-43-29-33-47-94(80)116-106(101)102)113(72-49-52-76-87(65-72)109(9,10)91-67-81(70-38-24-23-25-39-70)105-100(96(76)91)79-42-28-32-46-93(79)115-105)71-48-51-74-82-68-89-83(69-88(82)108(7,8)86(74)64-71)97-85(107(89,5)6)54-55-95-98(97)78-41-27-31-45-92(78)114-95/h23-33,38-55,64-69H,11-22,34-37,56-63H2,1-10H3. The van der Waals surface area contributed by atoms with Crippen molar-refractivity contribution >= 4 is 82.9 Å². The van der Waals surface area contributed by atoms with Gasteiger partial charge in [-0.25, -0.2) is 0 Å². The Morgan fingerprint density at radius 3 is 1.34 bits per heavy atom. The Hall–Kier alpha value is -10.2. The summed E-state index contributed by atoms with van der Waals surface area (Å²) < 4.78 is 21.5. The molecule has 21 rings (SSSR count). The number of unbranched alkanes of at least 4 members (excludes halogenated alkanes) is 12. The molecule has 0 saturated carbocycles. The van der Waals surface area contributed by atoms with E-state index in [0.29, 0.717) is 0 Å². The zero-order valence-electron chi connectivity index (χ0n) is 70.3. The molecule has 0 fully saturated rings. The molecular weight excluding hydrogens is 1410 g/mol.